The molecule has 0 bridgehead atoms. The van der Waals surface area contributed by atoms with Crippen molar-refractivity contribution in [2.24, 2.45) is 0 Å². The molecule has 6 nitrogen and oxygen atoms in total. The quantitative estimate of drug-likeness (QED) is 0.750. The van der Waals surface area contributed by atoms with E-state index in [0.717, 1.165) is 5.56 Å². The second-order valence-corrected chi connectivity index (χ2v) is 5.90. The summed E-state index contributed by atoms with van der Waals surface area (Å²) in [5.41, 5.74) is 0.981. The van der Waals surface area contributed by atoms with E-state index in [9.17, 15) is 9.90 Å². The lowest BCUT2D eigenvalue weighted by Gasteiger charge is -2.20. The highest BCUT2D eigenvalue weighted by Gasteiger charge is 2.27. The Morgan fingerprint density at radius 2 is 2.23 bits per heavy atom. The minimum atomic E-state index is -0.438. The third-order valence-corrected chi connectivity index (χ3v) is 4.07. The van der Waals surface area contributed by atoms with Crippen molar-refractivity contribution in [2.45, 2.75) is 25.0 Å². The first-order chi connectivity index (χ1) is 10.6. The van der Waals surface area contributed by atoms with Gasteiger partial charge in [-0.2, -0.15) is 0 Å². The molecule has 1 aromatic rings. The van der Waals surface area contributed by atoms with Crippen LogP contribution < -0.4 is 20.1 Å². The molecule has 1 aromatic carbocycles. The van der Waals surface area contributed by atoms with Gasteiger partial charge in [-0.15, -0.1) is 0 Å². The molecule has 2 heterocycles. The van der Waals surface area contributed by atoms with Crippen LogP contribution in [0.1, 0.15) is 12.0 Å². The number of benzene rings is 1. The number of halogens is 1. The van der Waals surface area contributed by atoms with E-state index in [1.807, 2.05) is 12.1 Å². The number of hydrogen-bond donors (Lipinski definition) is 3. The number of rotatable bonds is 4. The highest BCUT2D eigenvalue weighted by atomic mass is 35.5. The van der Waals surface area contributed by atoms with E-state index in [-0.39, 0.29) is 11.9 Å². The molecule has 3 N–H and O–H groups in total. The van der Waals surface area contributed by atoms with Crippen LogP contribution in [0.3, 0.4) is 0 Å². The Kier molecular flexibility index (Phi) is 4.71. The van der Waals surface area contributed by atoms with Crippen LogP contribution in [0, 0.1) is 0 Å². The van der Waals surface area contributed by atoms with Gasteiger partial charge in [0.15, 0.2) is 11.5 Å². The molecule has 0 aromatic heterocycles. The first-order valence-electron chi connectivity index (χ1n) is 7.40. The molecule has 1 saturated heterocycles. The Morgan fingerprint density at radius 1 is 1.41 bits per heavy atom. The number of aliphatic hydroxyl groups excluding tert-OH is 1. The Labute approximate surface area is 133 Å². The molecule has 0 aliphatic carbocycles. The van der Waals surface area contributed by atoms with Gasteiger partial charge in [-0.05, 0) is 30.5 Å². The SMILES string of the molecule is O=C(NCCc1cc(Cl)c2c(c1)OCCO2)[C@@H]1C[C@@H](O)CN1. The van der Waals surface area contributed by atoms with Crippen molar-refractivity contribution in [2.75, 3.05) is 26.3 Å². The molecular weight excluding hydrogens is 308 g/mol. The van der Waals surface area contributed by atoms with Gasteiger partial charge in [-0.25, -0.2) is 0 Å². The van der Waals surface area contributed by atoms with Crippen LogP contribution in [0.5, 0.6) is 11.5 Å². The van der Waals surface area contributed by atoms with Gasteiger partial charge >= 0.3 is 0 Å². The van der Waals surface area contributed by atoms with E-state index in [4.69, 9.17) is 21.1 Å². The lowest BCUT2D eigenvalue weighted by atomic mass is 10.1. The van der Waals surface area contributed by atoms with Crippen molar-refractivity contribution in [3.05, 3.63) is 22.7 Å². The standard InChI is InChI=1S/C15H19ClN2O4/c16-11-5-9(6-13-14(11)22-4-3-21-13)1-2-17-15(20)12-7-10(19)8-18-12/h5-6,10,12,18-19H,1-4,7-8H2,(H,17,20)/t10-,12+/m1/s1. The molecule has 0 saturated carbocycles. The van der Waals surface area contributed by atoms with Crippen molar-refractivity contribution in [3.8, 4) is 11.5 Å². The highest BCUT2D eigenvalue weighted by molar-refractivity contribution is 6.32. The normalized spacial score (nSPS) is 23.4. The van der Waals surface area contributed by atoms with Crippen molar-refractivity contribution in [1.82, 2.24) is 10.6 Å². The summed E-state index contributed by atoms with van der Waals surface area (Å²) in [5.74, 6) is 1.16. The molecule has 0 radical (unpaired) electrons. The maximum atomic E-state index is 11.9. The monoisotopic (exact) mass is 326 g/mol. The van der Waals surface area contributed by atoms with Gasteiger partial charge < -0.3 is 25.2 Å². The molecule has 0 unspecified atom stereocenters. The molecule has 7 heteroatoms. The third kappa shape index (κ3) is 3.45. The van der Waals surface area contributed by atoms with E-state index in [1.165, 1.54) is 0 Å². The van der Waals surface area contributed by atoms with Crippen molar-refractivity contribution in [3.63, 3.8) is 0 Å². The van der Waals surface area contributed by atoms with Crippen LogP contribution in [-0.2, 0) is 11.2 Å². The number of nitrogens with one attached hydrogen (secondary N) is 2. The zero-order valence-corrected chi connectivity index (χ0v) is 12.9. The molecule has 2 aliphatic heterocycles. The first-order valence-corrected chi connectivity index (χ1v) is 7.78. The lowest BCUT2D eigenvalue weighted by molar-refractivity contribution is -0.122. The number of β-amino-alcohol motifs (C(OH)–C–C–N with tert-alkyl or cyclic N) is 1. The van der Waals surface area contributed by atoms with E-state index in [2.05, 4.69) is 10.6 Å². The number of ether oxygens (including phenoxy) is 2. The van der Waals surface area contributed by atoms with Gasteiger partial charge in [0, 0.05) is 13.1 Å². The summed E-state index contributed by atoms with van der Waals surface area (Å²) in [6.45, 7) is 1.99. The molecule has 2 aliphatic rings. The summed E-state index contributed by atoms with van der Waals surface area (Å²) in [7, 11) is 0. The molecule has 1 fully saturated rings. The van der Waals surface area contributed by atoms with Gasteiger partial charge in [0.1, 0.15) is 13.2 Å². The molecular formula is C15H19ClN2O4. The van der Waals surface area contributed by atoms with E-state index >= 15 is 0 Å². The second kappa shape index (κ2) is 6.73. The molecule has 1 amide bonds. The molecule has 2 atom stereocenters. The predicted octanol–water partition coefficient (Wildman–Crippen LogP) is 0.493. The summed E-state index contributed by atoms with van der Waals surface area (Å²) < 4.78 is 11.0. The van der Waals surface area contributed by atoms with Gasteiger partial charge in [-0.1, -0.05) is 11.6 Å². The van der Waals surface area contributed by atoms with Crippen LogP contribution >= 0.6 is 11.6 Å². The predicted molar refractivity (Wildman–Crippen MR) is 81.6 cm³/mol. The minimum Gasteiger partial charge on any atom is -0.486 e. The van der Waals surface area contributed by atoms with Crippen LogP contribution in [-0.4, -0.2) is 49.5 Å². The summed E-state index contributed by atoms with van der Waals surface area (Å²) in [4.78, 5) is 11.9. The average Bonchev–Trinajstić information content (AvgIpc) is 2.94. The number of aliphatic hydroxyl groups is 1. The van der Waals surface area contributed by atoms with E-state index in [0.29, 0.717) is 55.7 Å². The number of fused-ring (bicyclic) bond motifs is 1. The third-order valence-electron chi connectivity index (χ3n) is 3.79. The zero-order valence-electron chi connectivity index (χ0n) is 12.1. The fourth-order valence-electron chi connectivity index (χ4n) is 2.68. The van der Waals surface area contributed by atoms with Gasteiger partial charge in [0.05, 0.1) is 17.2 Å². The van der Waals surface area contributed by atoms with Crippen LogP contribution in [0.4, 0.5) is 0 Å². The van der Waals surface area contributed by atoms with E-state index in [1.54, 1.807) is 0 Å². The van der Waals surface area contributed by atoms with Gasteiger partial charge in [0.2, 0.25) is 5.91 Å². The Balaban J connectivity index is 1.53. The number of hydrogen-bond acceptors (Lipinski definition) is 5. The Morgan fingerprint density at radius 3 is 3.00 bits per heavy atom. The van der Waals surface area contributed by atoms with Crippen molar-refractivity contribution < 1.29 is 19.4 Å². The van der Waals surface area contributed by atoms with Crippen LogP contribution in [0.25, 0.3) is 0 Å². The number of carbonyl (C=O) groups is 1. The fraction of sp³-hybridized carbons (Fsp3) is 0.533. The maximum Gasteiger partial charge on any atom is 0.237 e. The maximum absolute atomic E-state index is 11.9. The Hall–Kier alpha value is -1.50. The fourth-order valence-corrected chi connectivity index (χ4v) is 2.97. The largest absolute Gasteiger partial charge is 0.486 e. The summed E-state index contributed by atoms with van der Waals surface area (Å²) in [5, 5.41) is 15.8. The molecule has 22 heavy (non-hydrogen) atoms. The topological polar surface area (TPSA) is 79.8 Å². The molecule has 3 rings (SSSR count). The van der Waals surface area contributed by atoms with Crippen LogP contribution in [0.2, 0.25) is 5.02 Å². The Bertz CT molecular complexity index is 567. The van der Waals surface area contributed by atoms with Crippen molar-refractivity contribution >= 4 is 17.5 Å². The molecule has 0 spiro atoms. The van der Waals surface area contributed by atoms with E-state index < -0.39 is 6.10 Å². The molecule has 120 valence electrons. The zero-order chi connectivity index (χ0) is 15.5. The lowest BCUT2D eigenvalue weighted by Crippen LogP contribution is -2.41. The second-order valence-electron chi connectivity index (χ2n) is 5.49. The first kappa shape index (κ1) is 15.4. The van der Waals surface area contributed by atoms with Gasteiger partial charge in [-0.3, -0.25) is 4.79 Å². The summed E-state index contributed by atoms with van der Waals surface area (Å²) in [6, 6.07) is 3.42. The van der Waals surface area contributed by atoms with Crippen molar-refractivity contribution in [1.29, 1.82) is 0 Å². The smallest absolute Gasteiger partial charge is 0.237 e. The summed E-state index contributed by atoms with van der Waals surface area (Å²) >= 11 is 6.18. The number of carbonyl (C=O) groups excluding carboxylic acids is 1. The van der Waals surface area contributed by atoms with Gasteiger partial charge in [0.25, 0.3) is 0 Å². The van der Waals surface area contributed by atoms with Crippen LogP contribution in [0.15, 0.2) is 12.1 Å². The number of amides is 1. The summed E-state index contributed by atoms with van der Waals surface area (Å²) in [6.07, 6.45) is 0.673. The minimum absolute atomic E-state index is 0.0832. The average molecular weight is 327 g/mol. The highest BCUT2D eigenvalue weighted by Crippen LogP contribution is 2.38.